The van der Waals surface area contributed by atoms with Crippen LogP contribution in [0.15, 0.2) is 18.2 Å². The summed E-state index contributed by atoms with van der Waals surface area (Å²) in [4.78, 5) is 0. The molecule has 0 radical (unpaired) electrons. The van der Waals surface area contributed by atoms with E-state index in [9.17, 15) is 18.3 Å². The lowest BCUT2D eigenvalue weighted by molar-refractivity contribution is -0.137. The van der Waals surface area contributed by atoms with Crippen molar-refractivity contribution >= 4 is 11.6 Å². The van der Waals surface area contributed by atoms with Gasteiger partial charge in [-0.1, -0.05) is 36.9 Å². The quantitative estimate of drug-likeness (QED) is 0.872. The van der Waals surface area contributed by atoms with Crippen LogP contribution < -0.4 is 5.73 Å². The minimum Gasteiger partial charge on any atom is -0.391 e. The van der Waals surface area contributed by atoms with Crippen LogP contribution in [-0.2, 0) is 6.18 Å². The van der Waals surface area contributed by atoms with Crippen molar-refractivity contribution in [2.75, 3.05) is 0 Å². The zero-order valence-corrected chi connectivity index (χ0v) is 12.3. The highest BCUT2D eigenvalue weighted by Gasteiger charge is 2.35. The third-order valence-corrected chi connectivity index (χ3v) is 4.51. The zero-order valence-electron chi connectivity index (χ0n) is 11.5. The summed E-state index contributed by atoms with van der Waals surface area (Å²) in [6.45, 7) is 0. The van der Waals surface area contributed by atoms with Gasteiger partial charge in [-0.3, -0.25) is 0 Å². The summed E-state index contributed by atoms with van der Waals surface area (Å²) in [5.74, 6) is 0.0544. The Morgan fingerprint density at radius 3 is 2.38 bits per heavy atom. The van der Waals surface area contributed by atoms with Gasteiger partial charge in [0.2, 0.25) is 0 Å². The van der Waals surface area contributed by atoms with E-state index in [0.29, 0.717) is 0 Å². The van der Waals surface area contributed by atoms with Crippen LogP contribution in [0.25, 0.3) is 0 Å². The van der Waals surface area contributed by atoms with Crippen molar-refractivity contribution in [1.29, 1.82) is 0 Å². The van der Waals surface area contributed by atoms with Gasteiger partial charge in [0.25, 0.3) is 0 Å². The van der Waals surface area contributed by atoms with Gasteiger partial charge in [0.1, 0.15) is 0 Å². The van der Waals surface area contributed by atoms with Crippen LogP contribution in [0.2, 0.25) is 5.02 Å². The number of rotatable bonds is 3. The Labute approximate surface area is 127 Å². The highest BCUT2D eigenvalue weighted by molar-refractivity contribution is 6.31. The van der Waals surface area contributed by atoms with E-state index in [1.54, 1.807) is 0 Å². The van der Waals surface area contributed by atoms with Crippen LogP contribution in [0.1, 0.15) is 49.3 Å². The molecule has 0 bridgehead atoms. The fourth-order valence-corrected chi connectivity index (χ4v) is 3.16. The molecule has 0 unspecified atom stereocenters. The van der Waals surface area contributed by atoms with Crippen LogP contribution in [0.3, 0.4) is 0 Å². The molecular formula is C15H19ClF3NO. The number of halogens is 4. The molecule has 0 aliphatic heterocycles. The van der Waals surface area contributed by atoms with Crippen LogP contribution in [0.5, 0.6) is 0 Å². The molecule has 0 spiro atoms. The Hall–Kier alpha value is -0.780. The monoisotopic (exact) mass is 321 g/mol. The van der Waals surface area contributed by atoms with Gasteiger partial charge in [-0.05, 0) is 36.5 Å². The average Bonchev–Trinajstić information content (AvgIpc) is 2.46. The lowest BCUT2D eigenvalue weighted by atomic mass is 9.81. The molecule has 6 heteroatoms. The van der Waals surface area contributed by atoms with Gasteiger partial charge in [-0.25, -0.2) is 0 Å². The summed E-state index contributed by atoms with van der Waals surface area (Å²) in [7, 11) is 0. The fourth-order valence-electron chi connectivity index (χ4n) is 2.93. The molecule has 0 aromatic heterocycles. The maximum Gasteiger partial charge on any atom is 0.417 e. The summed E-state index contributed by atoms with van der Waals surface area (Å²) in [6, 6.07) is 2.76. The van der Waals surface area contributed by atoms with Gasteiger partial charge in [0.05, 0.1) is 22.7 Å². The van der Waals surface area contributed by atoms with Crippen molar-refractivity contribution in [3.8, 4) is 0 Å². The Bertz CT molecular complexity index is 486. The second-order valence-electron chi connectivity index (χ2n) is 5.65. The minimum atomic E-state index is -4.53. The predicted octanol–water partition coefficient (Wildman–Crippen LogP) is 4.30. The number of alkyl halides is 3. The maximum absolute atomic E-state index is 12.9. The third kappa shape index (κ3) is 3.90. The van der Waals surface area contributed by atoms with Gasteiger partial charge in [-0.15, -0.1) is 0 Å². The molecule has 0 saturated heterocycles. The first-order valence-corrected chi connectivity index (χ1v) is 7.49. The molecule has 1 aromatic carbocycles. The molecule has 1 fully saturated rings. The summed E-state index contributed by atoms with van der Waals surface area (Å²) in [6.07, 6.45) is -0.414. The highest BCUT2D eigenvalue weighted by Crippen LogP contribution is 2.37. The van der Waals surface area contributed by atoms with Crippen molar-refractivity contribution in [3.05, 3.63) is 34.3 Å². The Morgan fingerprint density at radius 2 is 1.81 bits per heavy atom. The normalized spacial score (nSPS) is 20.3. The first-order chi connectivity index (χ1) is 9.80. The minimum absolute atomic E-state index is 0.0544. The van der Waals surface area contributed by atoms with Crippen LogP contribution in [0, 0.1) is 5.92 Å². The first kappa shape index (κ1) is 16.6. The van der Waals surface area contributed by atoms with E-state index in [1.165, 1.54) is 12.1 Å². The Morgan fingerprint density at radius 1 is 1.19 bits per heavy atom. The molecule has 21 heavy (non-hydrogen) atoms. The van der Waals surface area contributed by atoms with Gasteiger partial charge in [-0.2, -0.15) is 13.2 Å². The number of aliphatic hydroxyl groups excluding tert-OH is 1. The van der Waals surface area contributed by atoms with Crippen molar-refractivity contribution in [1.82, 2.24) is 0 Å². The fraction of sp³-hybridized carbons (Fsp3) is 0.600. The van der Waals surface area contributed by atoms with E-state index >= 15 is 0 Å². The summed E-state index contributed by atoms with van der Waals surface area (Å²) >= 11 is 5.59. The number of hydrogen-bond donors (Lipinski definition) is 2. The smallest absolute Gasteiger partial charge is 0.391 e. The lowest BCUT2D eigenvalue weighted by Crippen LogP contribution is -2.34. The van der Waals surface area contributed by atoms with E-state index in [0.717, 1.165) is 38.2 Å². The lowest BCUT2D eigenvalue weighted by Gasteiger charge is -2.30. The number of benzene rings is 1. The summed E-state index contributed by atoms with van der Waals surface area (Å²) in [5.41, 5.74) is 5.33. The molecule has 3 N–H and O–H groups in total. The van der Waals surface area contributed by atoms with Gasteiger partial charge >= 0.3 is 6.18 Å². The molecule has 118 valence electrons. The molecule has 1 aromatic rings. The largest absolute Gasteiger partial charge is 0.417 e. The zero-order chi connectivity index (χ0) is 15.6. The predicted molar refractivity (Wildman–Crippen MR) is 76.0 cm³/mol. The third-order valence-electron chi connectivity index (χ3n) is 4.18. The van der Waals surface area contributed by atoms with E-state index in [2.05, 4.69) is 0 Å². The van der Waals surface area contributed by atoms with E-state index < -0.39 is 23.9 Å². The van der Waals surface area contributed by atoms with Crippen LogP contribution in [0.4, 0.5) is 13.2 Å². The molecule has 0 heterocycles. The molecule has 2 nitrogen and oxygen atoms in total. The molecule has 1 aliphatic rings. The SMILES string of the molecule is N[C@@H](c1ccc(Cl)c(C(F)(F)F)c1)[C@H](O)C1CCCCC1. The molecule has 2 atom stereocenters. The van der Waals surface area contributed by atoms with Crippen LogP contribution >= 0.6 is 11.6 Å². The Kier molecular flexibility index (Phi) is 5.17. The summed E-state index contributed by atoms with van der Waals surface area (Å²) < 4.78 is 38.6. The first-order valence-electron chi connectivity index (χ1n) is 7.11. The molecule has 0 amide bonds. The van der Waals surface area contributed by atoms with Crippen molar-refractivity contribution in [2.24, 2.45) is 11.7 Å². The number of nitrogens with two attached hydrogens (primary N) is 1. The highest BCUT2D eigenvalue weighted by atomic mass is 35.5. The van der Waals surface area contributed by atoms with E-state index in [-0.39, 0.29) is 16.5 Å². The molecule has 1 saturated carbocycles. The molecular weight excluding hydrogens is 303 g/mol. The number of hydrogen-bond acceptors (Lipinski definition) is 2. The van der Waals surface area contributed by atoms with Gasteiger partial charge < -0.3 is 10.8 Å². The molecule has 1 aliphatic carbocycles. The van der Waals surface area contributed by atoms with Gasteiger partial charge in [0, 0.05) is 0 Å². The number of aliphatic hydroxyl groups is 1. The van der Waals surface area contributed by atoms with E-state index in [4.69, 9.17) is 17.3 Å². The second-order valence-corrected chi connectivity index (χ2v) is 6.06. The van der Waals surface area contributed by atoms with Crippen molar-refractivity contribution in [2.45, 2.75) is 50.4 Å². The van der Waals surface area contributed by atoms with Crippen molar-refractivity contribution in [3.63, 3.8) is 0 Å². The molecule has 2 rings (SSSR count). The maximum atomic E-state index is 12.9. The van der Waals surface area contributed by atoms with E-state index in [1.807, 2.05) is 0 Å². The van der Waals surface area contributed by atoms with Gasteiger partial charge in [0.15, 0.2) is 0 Å². The Balaban J connectivity index is 2.20. The average molecular weight is 322 g/mol. The van der Waals surface area contributed by atoms with Crippen LogP contribution in [-0.4, -0.2) is 11.2 Å². The van der Waals surface area contributed by atoms with Crippen molar-refractivity contribution < 1.29 is 18.3 Å². The summed E-state index contributed by atoms with van der Waals surface area (Å²) in [5, 5.41) is 9.96. The topological polar surface area (TPSA) is 46.2 Å². The standard InChI is InChI=1S/C15H19ClF3NO/c16-12-7-6-10(8-11(12)15(17,18)19)13(20)14(21)9-4-2-1-3-5-9/h6-9,13-14,21H,1-5,20H2/t13-,14+/m0/s1. The second kappa shape index (κ2) is 6.55.